The molecule has 0 spiro atoms. The van der Waals surface area contributed by atoms with Crippen molar-refractivity contribution in [1.29, 1.82) is 0 Å². The van der Waals surface area contributed by atoms with Gasteiger partial charge in [0.25, 0.3) is 0 Å². The maximum atomic E-state index is 12.0. The van der Waals surface area contributed by atoms with Gasteiger partial charge in [0.1, 0.15) is 0 Å². The van der Waals surface area contributed by atoms with E-state index in [1.165, 1.54) is 0 Å². The lowest BCUT2D eigenvalue weighted by Gasteiger charge is -2.15. The van der Waals surface area contributed by atoms with Crippen LogP contribution < -0.4 is 5.32 Å². The van der Waals surface area contributed by atoms with Gasteiger partial charge in [-0.05, 0) is 24.4 Å². The molecule has 0 saturated heterocycles. The van der Waals surface area contributed by atoms with E-state index in [-0.39, 0.29) is 18.4 Å². The Morgan fingerprint density at radius 3 is 2.75 bits per heavy atom. The predicted molar refractivity (Wildman–Crippen MR) is 82.2 cm³/mol. The molecular formula is C15H16ClNO2S. The Hall–Kier alpha value is -1.36. The van der Waals surface area contributed by atoms with Gasteiger partial charge in [-0.2, -0.15) is 0 Å². The summed E-state index contributed by atoms with van der Waals surface area (Å²) in [4.78, 5) is 13.0. The van der Waals surface area contributed by atoms with Crippen LogP contribution in [0, 0.1) is 0 Å². The van der Waals surface area contributed by atoms with Crippen LogP contribution in [0.5, 0.6) is 0 Å². The number of benzene rings is 1. The summed E-state index contributed by atoms with van der Waals surface area (Å²) in [7, 11) is 0. The van der Waals surface area contributed by atoms with Crippen molar-refractivity contribution in [1.82, 2.24) is 5.32 Å². The van der Waals surface area contributed by atoms with E-state index in [0.29, 0.717) is 10.6 Å². The second-order valence-electron chi connectivity index (χ2n) is 4.52. The summed E-state index contributed by atoms with van der Waals surface area (Å²) >= 11 is 7.56. The van der Waals surface area contributed by atoms with Crippen LogP contribution >= 0.6 is 22.9 Å². The molecule has 0 aliphatic heterocycles. The Bertz CT molecular complexity index is 571. The fraction of sp³-hybridized carbons (Fsp3) is 0.267. The van der Waals surface area contributed by atoms with E-state index in [2.05, 4.69) is 5.32 Å². The van der Waals surface area contributed by atoms with E-state index in [9.17, 15) is 9.90 Å². The highest BCUT2D eigenvalue weighted by molar-refractivity contribution is 7.10. The largest absolute Gasteiger partial charge is 0.387 e. The van der Waals surface area contributed by atoms with Crippen LogP contribution in [0.15, 0.2) is 41.8 Å². The molecule has 2 N–H and O–H groups in total. The smallest absolute Gasteiger partial charge is 0.228 e. The van der Waals surface area contributed by atoms with Crippen LogP contribution in [0.2, 0.25) is 5.02 Å². The summed E-state index contributed by atoms with van der Waals surface area (Å²) in [6.07, 6.45) is -0.803. The van der Waals surface area contributed by atoms with E-state index >= 15 is 0 Å². The second kappa shape index (κ2) is 6.88. The molecule has 5 heteroatoms. The third-order valence-corrected chi connectivity index (χ3v) is 4.50. The highest BCUT2D eigenvalue weighted by Crippen LogP contribution is 2.23. The van der Waals surface area contributed by atoms with Gasteiger partial charge in [0.05, 0.1) is 12.0 Å². The van der Waals surface area contributed by atoms with Crippen LogP contribution in [0.1, 0.15) is 29.4 Å². The van der Waals surface area contributed by atoms with Gasteiger partial charge in [-0.1, -0.05) is 35.9 Å². The maximum Gasteiger partial charge on any atom is 0.228 e. The number of nitrogens with one attached hydrogen (secondary N) is 1. The fourth-order valence-electron chi connectivity index (χ4n) is 1.87. The van der Waals surface area contributed by atoms with E-state index < -0.39 is 6.10 Å². The van der Waals surface area contributed by atoms with Crippen molar-refractivity contribution in [2.24, 2.45) is 0 Å². The maximum absolute atomic E-state index is 12.0. The number of rotatable bonds is 5. The molecule has 2 aromatic rings. The molecule has 106 valence electrons. The molecule has 2 atom stereocenters. The summed E-state index contributed by atoms with van der Waals surface area (Å²) in [5.41, 5.74) is 0.623. The van der Waals surface area contributed by atoms with E-state index in [1.54, 1.807) is 35.6 Å². The normalized spacial score (nSPS) is 13.8. The summed E-state index contributed by atoms with van der Waals surface area (Å²) < 4.78 is 0. The minimum atomic E-state index is -0.803. The molecule has 2 rings (SSSR count). The molecule has 0 bridgehead atoms. The average Bonchev–Trinajstić information content (AvgIpc) is 2.98. The molecule has 1 aromatic carbocycles. The van der Waals surface area contributed by atoms with Crippen LogP contribution in [0.25, 0.3) is 0 Å². The van der Waals surface area contributed by atoms with Crippen molar-refractivity contribution in [2.75, 3.05) is 6.54 Å². The van der Waals surface area contributed by atoms with Crippen molar-refractivity contribution in [3.63, 3.8) is 0 Å². The van der Waals surface area contributed by atoms with E-state index in [1.807, 2.05) is 24.4 Å². The summed E-state index contributed by atoms with van der Waals surface area (Å²) in [5.74, 6) is -0.313. The number of aliphatic hydroxyl groups excluding tert-OH is 1. The number of thiophene rings is 1. The van der Waals surface area contributed by atoms with E-state index in [0.717, 1.165) is 4.88 Å². The number of hydrogen-bond donors (Lipinski definition) is 2. The van der Waals surface area contributed by atoms with Gasteiger partial charge in [0.15, 0.2) is 0 Å². The molecule has 0 saturated carbocycles. The van der Waals surface area contributed by atoms with Crippen molar-refractivity contribution < 1.29 is 9.90 Å². The monoisotopic (exact) mass is 309 g/mol. The minimum absolute atomic E-state index is 0.0986. The first kappa shape index (κ1) is 15.0. The Labute approximate surface area is 127 Å². The SMILES string of the molecule is CC(C(=O)NCC(O)c1ccccc1Cl)c1cccs1. The first-order valence-corrected chi connectivity index (χ1v) is 7.59. The lowest BCUT2D eigenvalue weighted by molar-refractivity contribution is -0.122. The first-order valence-electron chi connectivity index (χ1n) is 6.33. The molecule has 3 nitrogen and oxygen atoms in total. The Morgan fingerprint density at radius 2 is 2.10 bits per heavy atom. The van der Waals surface area contributed by atoms with Crippen molar-refractivity contribution in [3.05, 3.63) is 57.2 Å². The van der Waals surface area contributed by atoms with Crippen molar-refractivity contribution in [2.45, 2.75) is 18.9 Å². The van der Waals surface area contributed by atoms with Gasteiger partial charge in [-0.25, -0.2) is 0 Å². The zero-order chi connectivity index (χ0) is 14.5. The predicted octanol–water partition coefficient (Wildman–Crippen LogP) is 3.35. The van der Waals surface area contributed by atoms with Gasteiger partial charge < -0.3 is 10.4 Å². The van der Waals surface area contributed by atoms with Gasteiger partial charge >= 0.3 is 0 Å². The molecule has 0 radical (unpaired) electrons. The topological polar surface area (TPSA) is 49.3 Å². The van der Waals surface area contributed by atoms with Crippen molar-refractivity contribution in [3.8, 4) is 0 Å². The van der Waals surface area contributed by atoms with Crippen LogP contribution in [-0.4, -0.2) is 17.6 Å². The lowest BCUT2D eigenvalue weighted by atomic mass is 10.1. The number of carbonyl (C=O) groups is 1. The minimum Gasteiger partial charge on any atom is -0.387 e. The lowest BCUT2D eigenvalue weighted by Crippen LogP contribution is -2.31. The molecule has 0 aliphatic rings. The summed E-state index contributed by atoms with van der Waals surface area (Å²) in [5, 5.41) is 15.3. The van der Waals surface area contributed by atoms with Crippen LogP contribution in [0.4, 0.5) is 0 Å². The van der Waals surface area contributed by atoms with Gasteiger partial charge in [-0.3, -0.25) is 4.79 Å². The number of halogens is 1. The molecule has 1 aromatic heterocycles. The zero-order valence-corrected chi connectivity index (χ0v) is 12.6. The molecule has 1 heterocycles. The standard InChI is InChI=1S/C15H16ClNO2S/c1-10(14-7-4-8-20-14)15(19)17-9-13(18)11-5-2-3-6-12(11)16/h2-8,10,13,18H,9H2,1H3,(H,17,19). The average molecular weight is 310 g/mol. The van der Waals surface area contributed by atoms with Crippen LogP contribution in [0.3, 0.4) is 0 Å². The first-order chi connectivity index (χ1) is 9.59. The number of amides is 1. The quantitative estimate of drug-likeness (QED) is 0.890. The van der Waals surface area contributed by atoms with Gasteiger partial charge in [0, 0.05) is 22.0 Å². The second-order valence-corrected chi connectivity index (χ2v) is 5.91. The molecule has 1 amide bonds. The summed E-state index contributed by atoms with van der Waals surface area (Å²) in [6.45, 7) is 2.00. The summed E-state index contributed by atoms with van der Waals surface area (Å²) in [6, 6.07) is 10.9. The Kier molecular flexibility index (Phi) is 5.17. The molecule has 20 heavy (non-hydrogen) atoms. The number of aliphatic hydroxyl groups is 1. The Balaban J connectivity index is 1.92. The highest BCUT2D eigenvalue weighted by atomic mass is 35.5. The molecular weight excluding hydrogens is 294 g/mol. The van der Waals surface area contributed by atoms with Gasteiger partial charge in [0.2, 0.25) is 5.91 Å². The molecule has 2 unspecified atom stereocenters. The van der Waals surface area contributed by atoms with Gasteiger partial charge in [-0.15, -0.1) is 11.3 Å². The highest BCUT2D eigenvalue weighted by Gasteiger charge is 2.18. The van der Waals surface area contributed by atoms with Crippen LogP contribution in [-0.2, 0) is 4.79 Å². The number of hydrogen-bond acceptors (Lipinski definition) is 3. The third kappa shape index (κ3) is 3.60. The van der Waals surface area contributed by atoms with Crippen molar-refractivity contribution >= 4 is 28.8 Å². The third-order valence-electron chi connectivity index (χ3n) is 3.10. The molecule has 0 aliphatic carbocycles. The number of carbonyl (C=O) groups excluding carboxylic acids is 1. The zero-order valence-electron chi connectivity index (χ0n) is 11.0. The Morgan fingerprint density at radius 1 is 1.35 bits per heavy atom. The van der Waals surface area contributed by atoms with E-state index in [4.69, 9.17) is 11.6 Å². The fourth-order valence-corrected chi connectivity index (χ4v) is 2.92. The molecule has 0 fully saturated rings.